The number of hydrogen-bond acceptors (Lipinski definition) is 7. The van der Waals surface area contributed by atoms with Gasteiger partial charge in [0.15, 0.2) is 5.49 Å². The third kappa shape index (κ3) is 3.20. The molecule has 0 saturated carbocycles. The fourth-order valence-electron chi connectivity index (χ4n) is 1.41. The molecule has 0 atom stereocenters. The highest BCUT2D eigenvalue weighted by Gasteiger charge is 2.20. The molecule has 0 fully saturated rings. The van der Waals surface area contributed by atoms with Crippen LogP contribution in [0.15, 0.2) is 40.1 Å². The molecule has 0 aromatic carbocycles. The Bertz CT molecular complexity index is 803. The molecule has 0 aliphatic carbocycles. The highest BCUT2D eigenvalue weighted by atomic mass is 79.9. The number of hydrogen-bond donors (Lipinski definition) is 1. The van der Waals surface area contributed by atoms with Crippen molar-refractivity contribution in [3.8, 4) is 0 Å². The summed E-state index contributed by atoms with van der Waals surface area (Å²) in [7, 11) is 0. The van der Waals surface area contributed by atoms with E-state index in [0.717, 1.165) is 12.3 Å². The number of halogens is 1. The molecule has 0 radical (unpaired) electrons. The molecule has 0 aliphatic rings. The second kappa shape index (κ2) is 5.66. The van der Waals surface area contributed by atoms with Crippen molar-refractivity contribution >= 4 is 33.1 Å². The van der Waals surface area contributed by atoms with Crippen molar-refractivity contribution in [2.45, 2.75) is 0 Å². The summed E-state index contributed by atoms with van der Waals surface area (Å²) in [5, 5.41) is 31.1. The van der Waals surface area contributed by atoms with Gasteiger partial charge in [-0.15, -0.1) is 0 Å². The van der Waals surface area contributed by atoms with Gasteiger partial charge in [0, 0.05) is 4.47 Å². The van der Waals surface area contributed by atoms with E-state index in [4.69, 9.17) is 0 Å². The molecule has 10 nitrogen and oxygen atoms in total. The van der Waals surface area contributed by atoms with Crippen LogP contribution in [0.2, 0.25) is 0 Å². The molecule has 2 aromatic rings. The number of rotatable bonds is 3. The van der Waals surface area contributed by atoms with Crippen molar-refractivity contribution < 1.29 is 15.1 Å². The van der Waals surface area contributed by atoms with Crippen LogP contribution in [0.25, 0.3) is 0 Å². The summed E-state index contributed by atoms with van der Waals surface area (Å²) in [5.41, 5.74) is -1.18. The predicted octanol–water partition coefficient (Wildman–Crippen LogP) is 1.93. The minimum absolute atomic E-state index is 0.0253. The average Bonchev–Trinajstić information content (AvgIpc) is 2.41. The maximum Gasteiger partial charge on any atom is 0.320 e. The Morgan fingerprint density at radius 2 is 2.00 bits per heavy atom. The average molecular weight is 356 g/mol. The molecule has 1 N–H and O–H groups in total. The van der Waals surface area contributed by atoms with Gasteiger partial charge in [0.25, 0.3) is 5.69 Å². The molecule has 108 valence electrons. The lowest BCUT2D eigenvalue weighted by Gasteiger charge is -2.00. The maximum absolute atomic E-state index is 10.9. The maximum atomic E-state index is 10.9. The Morgan fingerprint density at radius 3 is 2.57 bits per heavy atom. The van der Waals surface area contributed by atoms with Crippen molar-refractivity contribution in [2.24, 2.45) is 4.99 Å². The predicted molar refractivity (Wildman–Crippen MR) is 72.1 cm³/mol. The molecule has 21 heavy (non-hydrogen) atoms. The van der Waals surface area contributed by atoms with E-state index in [0.29, 0.717) is 9.20 Å². The first-order valence-corrected chi connectivity index (χ1v) is 6.09. The normalized spacial score (nSPS) is 11.4. The smallest absolute Gasteiger partial charge is 0.320 e. The Labute approximate surface area is 124 Å². The van der Waals surface area contributed by atoms with Gasteiger partial charge in [-0.2, -0.15) is 4.73 Å². The second-order valence-corrected chi connectivity index (χ2v) is 4.63. The van der Waals surface area contributed by atoms with E-state index in [2.05, 4.69) is 25.9 Å². The Morgan fingerprint density at radius 1 is 1.29 bits per heavy atom. The standard InChI is InChI=1S/C10H6BrN5O5/c11-6-1-2-9(14(17)5-6)13-10-8(16(20)21)3-7(4-12-10)15(18)19/h1-5,17H/b13-9+. The minimum Gasteiger partial charge on any atom is -0.427 e. The Hall–Kier alpha value is -2.82. The van der Waals surface area contributed by atoms with Gasteiger partial charge < -0.3 is 5.21 Å². The van der Waals surface area contributed by atoms with Gasteiger partial charge in [-0.3, -0.25) is 20.2 Å². The van der Waals surface area contributed by atoms with E-state index in [-0.39, 0.29) is 11.3 Å². The molecule has 0 bridgehead atoms. The molecule has 2 rings (SSSR count). The zero-order valence-corrected chi connectivity index (χ0v) is 11.7. The van der Waals surface area contributed by atoms with E-state index in [1.807, 2.05) is 0 Å². The molecule has 2 aromatic heterocycles. The number of nitro groups is 2. The quantitative estimate of drug-likeness (QED) is 0.507. The van der Waals surface area contributed by atoms with Crippen LogP contribution in [0, 0.1) is 20.2 Å². The third-order valence-corrected chi connectivity index (χ3v) is 2.80. The molecule has 11 heteroatoms. The largest absolute Gasteiger partial charge is 0.427 e. The molecular formula is C10H6BrN5O5. The summed E-state index contributed by atoms with van der Waals surface area (Å²) in [6.07, 6.45) is 2.13. The topological polar surface area (TPSA) is 137 Å². The fourth-order valence-corrected chi connectivity index (χ4v) is 1.74. The third-order valence-electron chi connectivity index (χ3n) is 2.33. The van der Waals surface area contributed by atoms with Gasteiger partial charge >= 0.3 is 5.69 Å². The zero-order chi connectivity index (χ0) is 15.6. The molecule has 0 amide bonds. The van der Waals surface area contributed by atoms with Crippen molar-refractivity contribution in [1.82, 2.24) is 9.71 Å². The van der Waals surface area contributed by atoms with Crippen molar-refractivity contribution in [3.05, 3.63) is 60.8 Å². The van der Waals surface area contributed by atoms with Crippen molar-refractivity contribution in [3.63, 3.8) is 0 Å². The monoisotopic (exact) mass is 355 g/mol. The highest BCUT2D eigenvalue weighted by Crippen LogP contribution is 2.27. The van der Waals surface area contributed by atoms with Crippen LogP contribution < -0.4 is 5.49 Å². The van der Waals surface area contributed by atoms with Crippen LogP contribution in [-0.2, 0) is 0 Å². The van der Waals surface area contributed by atoms with E-state index in [1.54, 1.807) is 6.07 Å². The van der Waals surface area contributed by atoms with Crippen LogP contribution in [0.3, 0.4) is 0 Å². The van der Waals surface area contributed by atoms with E-state index < -0.39 is 21.2 Å². The summed E-state index contributed by atoms with van der Waals surface area (Å²) in [6, 6.07) is 3.70. The fraction of sp³-hybridized carbons (Fsp3) is 0. The van der Waals surface area contributed by atoms with E-state index in [1.165, 1.54) is 12.3 Å². The van der Waals surface area contributed by atoms with E-state index >= 15 is 0 Å². The zero-order valence-electron chi connectivity index (χ0n) is 10.1. The van der Waals surface area contributed by atoms with Gasteiger partial charge in [-0.25, -0.2) is 9.98 Å². The van der Waals surface area contributed by atoms with Crippen molar-refractivity contribution in [1.29, 1.82) is 0 Å². The summed E-state index contributed by atoms with van der Waals surface area (Å²) in [5.74, 6) is -0.351. The summed E-state index contributed by atoms with van der Waals surface area (Å²) < 4.78 is 1.20. The first kappa shape index (κ1) is 14.6. The first-order valence-electron chi connectivity index (χ1n) is 5.29. The van der Waals surface area contributed by atoms with Crippen LogP contribution in [-0.4, -0.2) is 24.8 Å². The minimum atomic E-state index is -0.834. The molecular weight excluding hydrogens is 350 g/mol. The first-order chi connectivity index (χ1) is 9.88. The lowest BCUT2D eigenvalue weighted by Crippen LogP contribution is -2.17. The Kier molecular flexibility index (Phi) is 3.93. The molecule has 2 heterocycles. The highest BCUT2D eigenvalue weighted by molar-refractivity contribution is 9.10. The van der Waals surface area contributed by atoms with Gasteiger partial charge in [0.2, 0.25) is 5.82 Å². The summed E-state index contributed by atoms with van der Waals surface area (Å²) in [4.78, 5) is 27.3. The van der Waals surface area contributed by atoms with Crippen LogP contribution in [0.1, 0.15) is 0 Å². The molecule has 0 saturated heterocycles. The van der Waals surface area contributed by atoms with E-state index in [9.17, 15) is 25.4 Å². The number of aromatic nitrogens is 2. The van der Waals surface area contributed by atoms with Crippen LogP contribution >= 0.6 is 15.9 Å². The van der Waals surface area contributed by atoms with Crippen molar-refractivity contribution in [2.75, 3.05) is 0 Å². The Balaban J connectivity index is 2.63. The SMILES string of the molecule is O=[N+]([O-])c1cnc(/N=c2\ccc(Br)cn2O)c([N+](=O)[O-])c1. The number of pyridine rings is 2. The summed E-state index contributed by atoms with van der Waals surface area (Å²) in [6.45, 7) is 0. The van der Waals surface area contributed by atoms with Gasteiger partial charge in [-0.1, -0.05) is 0 Å². The van der Waals surface area contributed by atoms with Crippen LogP contribution in [0.5, 0.6) is 0 Å². The number of nitrogens with zero attached hydrogens (tertiary/aromatic N) is 5. The second-order valence-electron chi connectivity index (χ2n) is 3.71. The van der Waals surface area contributed by atoms with Gasteiger partial charge in [0.05, 0.1) is 22.1 Å². The molecule has 0 unspecified atom stereocenters. The lowest BCUT2D eigenvalue weighted by atomic mass is 10.3. The molecule has 0 aliphatic heterocycles. The van der Waals surface area contributed by atoms with Gasteiger partial charge in [0.1, 0.15) is 6.20 Å². The lowest BCUT2D eigenvalue weighted by molar-refractivity contribution is -0.394. The van der Waals surface area contributed by atoms with Crippen LogP contribution in [0.4, 0.5) is 17.2 Å². The molecule has 0 spiro atoms. The van der Waals surface area contributed by atoms with Gasteiger partial charge in [-0.05, 0) is 28.1 Å². The summed E-state index contributed by atoms with van der Waals surface area (Å²) >= 11 is 3.12.